The fourth-order valence-corrected chi connectivity index (χ4v) is 4.22. The lowest BCUT2D eigenvalue weighted by atomic mass is 10.1. The molecule has 2 unspecified atom stereocenters. The third-order valence-electron chi connectivity index (χ3n) is 5.69. The number of nitrogens with zero attached hydrogens (tertiary/aromatic N) is 4. The number of hydrogen-bond donors (Lipinski definition) is 2. The van der Waals surface area contributed by atoms with Crippen molar-refractivity contribution in [2.24, 2.45) is 0 Å². The molecule has 0 radical (unpaired) electrons. The number of aromatic nitrogens is 4. The van der Waals surface area contributed by atoms with E-state index in [0.29, 0.717) is 30.0 Å². The van der Waals surface area contributed by atoms with Crippen molar-refractivity contribution in [2.75, 3.05) is 18.5 Å². The molecule has 3 heterocycles. The van der Waals surface area contributed by atoms with Gasteiger partial charge >= 0.3 is 5.97 Å². The van der Waals surface area contributed by atoms with Gasteiger partial charge in [0.2, 0.25) is 0 Å². The Morgan fingerprint density at radius 2 is 2.20 bits per heavy atom. The Labute approximate surface area is 173 Å². The highest BCUT2D eigenvalue weighted by Crippen LogP contribution is 2.34. The number of benzene rings is 1. The van der Waals surface area contributed by atoms with Crippen molar-refractivity contribution >= 4 is 23.0 Å². The second-order valence-electron chi connectivity index (χ2n) is 7.69. The Hall–Kier alpha value is -3.04. The minimum absolute atomic E-state index is 0.000489. The van der Waals surface area contributed by atoms with E-state index in [1.165, 1.54) is 17.5 Å². The Morgan fingerprint density at radius 3 is 3.07 bits per heavy atom. The molecule has 1 aliphatic heterocycles. The van der Waals surface area contributed by atoms with Crippen LogP contribution in [0.3, 0.4) is 0 Å². The van der Waals surface area contributed by atoms with Crippen LogP contribution in [0.25, 0.3) is 11.2 Å². The normalized spacial score (nSPS) is 22.9. The van der Waals surface area contributed by atoms with Crippen LogP contribution in [0.5, 0.6) is 0 Å². The standard InChI is InChI=1S/C21H23N5O4/c27-9-14-7-15(10-29-14)30-18(28)8-26-12-24-19-20(22-11-23-21(19)26)25-17-6-5-13-3-1-2-4-16(13)17/h1-4,11-12,14-15,17,27H,5-10H2,(H,22,23,25)/t14?,15?,17-/m0/s1. The molecule has 0 saturated carbocycles. The summed E-state index contributed by atoms with van der Waals surface area (Å²) in [4.78, 5) is 25.5. The van der Waals surface area contributed by atoms with Gasteiger partial charge in [0.05, 0.1) is 31.7 Å². The molecule has 0 amide bonds. The molecule has 3 aromatic rings. The van der Waals surface area contributed by atoms with E-state index in [4.69, 9.17) is 14.6 Å². The zero-order valence-electron chi connectivity index (χ0n) is 16.4. The molecule has 2 N–H and O–H groups in total. The van der Waals surface area contributed by atoms with E-state index in [9.17, 15) is 4.79 Å². The maximum absolute atomic E-state index is 12.4. The van der Waals surface area contributed by atoms with E-state index in [-0.39, 0.29) is 37.4 Å². The summed E-state index contributed by atoms with van der Waals surface area (Å²) in [5.41, 5.74) is 3.84. The summed E-state index contributed by atoms with van der Waals surface area (Å²) in [5.74, 6) is 0.267. The first-order chi connectivity index (χ1) is 14.7. The number of ether oxygens (including phenoxy) is 2. The molecule has 3 atom stereocenters. The first-order valence-electron chi connectivity index (χ1n) is 10.1. The topological polar surface area (TPSA) is 111 Å². The zero-order chi connectivity index (χ0) is 20.5. The largest absolute Gasteiger partial charge is 0.458 e. The number of carbonyl (C=O) groups is 1. The number of hydrogen-bond acceptors (Lipinski definition) is 8. The van der Waals surface area contributed by atoms with Crippen molar-refractivity contribution in [1.29, 1.82) is 0 Å². The van der Waals surface area contributed by atoms with Gasteiger partial charge in [-0.15, -0.1) is 0 Å². The molecular weight excluding hydrogens is 386 g/mol. The second kappa shape index (κ2) is 8.00. The van der Waals surface area contributed by atoms with Gasteiger partial charge in [-0.2, -0.15) is 0 Å². The van der Waals surface area contributed by atoms with Crippen LogP contribution in [0.2, 0.25) is 0 Å². The molecule has 0 bridgehead atoms. The van der Waals surface area contributed by atoms with E-state index >= 15 is 0 Å². The molecule has 2 aliphatic rings. The first-order valence-corrected chi connectivity index (χ1v) is 10.1. The minimum Gasteiger partial charge on any atom is -0.458 e. The van der Waals surface area contributed by atoms with Gasteiger partial charge < -0.3 is 24.5 Å². The van der Waals surface area contributed by atoms with E-state index in [1.54, 1.807) is 10.9 Å². The SMILES string of the molecule is O=C(Cn1cnc2c(N[C@H]3CCc4ccccc43)ncnc21)OC1COC(CO)C1. The Kier molecular flexibility index (Phi) is 5.06. The van der Waals surface area contributed by atoms with E-state index in [2.05, 4.69) is 38.5 Å². The molecule has 1 aromatic carbocycles. The molecule has 156 valence electrons. The lowest BCUT2D eigenvalue weighted by molar-refractivity contribution is -0.149. The van der Waals surface area contributed by atoms with Crippen LogP contribution in [0.15, 0.2) is 36.9 Å². The predicted molar refractivity (Wildman–Crippen MR) is 108 cm³/mol. The number of carbonyl (C=O) groups excluding carboxylic acids is 1. The molecule has 1 fully saturated rings. The highest BCUT2D eigenvalue weighted by atomic mass is 16.6. The summed E-state index contributed by atoms with van der Waals surface area (Å²) >= 11 is 0. The smallest absolute Gasteiger partial charge is 0.326 e. The fraction of sp³-hybridized carbons (Fsp3) is 0.429. The van der Waals surface area contributed by atoms with Crippen LogP contribution in [0.1, 0.15) is 30.0 Å². The van der Waals surface area contributed by atoms with Crippen molar-refractivity contribution in [3.8, 4) is 0 Å². The summed E-state index contributed by atoms with van der Waals surface area (Å²) in [6.45, 7) is 0.235. The summed E-state index contributed by atoms with van der Waals surface area (Å²) in [6, 6.07) is 8.59. The van der Waals surface area contributed by atoms with Gasteiger partial charge in [0.25, 0.3) is 0 Å². The summed E-state index contributed by atoms with van der Waals surface area (Å²) < 4.78 is 12.5. The van der Waals surface area contributed by atoms with E-state index < -0.39 is 0 Å². The van der Waals surface area contributed by atoms with Gasteiger partial charge in [0.15, 0.2) is 11.5 Å². The second-order valence-corrected chi connectivity index (χ2v) is 7.69. The molecule has 0 spiro atoms. The van der Waals surface area contributed by atoms with Crippen molar-refractivity contribution in [3.63, 3.8) is 0 Å². The predicted octanol–water partition coefficient (Wildman–Crippen LogP) is 1.62. The number of fused-ring (bicyclic) bond motifs is 2. The van der Waals surface area contributed by atoms with Gasteiger partial charge in [-0.25, -0.2) is 15.0 Å². The van der Waals surface area contributed by atoms with E-state index in [0.717, 1.165) is 12.8 Å². The highest BCUT2D eigenvalue weighted by Gasteiger charge is 2.28. The average molecular weight is 409 g/mol. The van der Waals surface area contributed by atoms with Gasteiger partial charge in [0, 0.05) is 6.42 Å². The molecule has 9 nitrogen and oxygen atoms in total. The number of rotatable bonds is 6. The number of esters is 1. The maximum atomic E-state index is 12.4. The van der Waals surface area contributed by atoms with Crippen molar-refractivity contribution in [3.05, 3.63) is 48.0 Å². The molecule has 1 aliphatic carbocycles. The number of nitrogens with one attached hydrogen (secondary N) is 1. The van der Waals surface area contributed by atoms with Gasteiger partial charge in [-0.05, 0) is 24.0 Å². The van der Waals surface area contributed by atoms with E-state index in [1.807, 2.05) is 6.07 Å². The third kappa shape index (κ3) is 3.61. The Balaban J connectivity index is 1.30. The van der Waals surface area contributed by atoms with Crippen molar-refractivity contribution in [2.45, 2.75) is 44.1 Å². The van der Waals surface area contributed by atoms with Gasteiger partial charge in [0.1, 0.15) is 24.5 Å². The molecule has 9 heteroatoms. The Bertz CT molecular complexity index is 1070. The third-order valence-corrected chi connectivity index (χ3v) is 5.69. The van der Waals surface area contributed by atoms with Crippen LogP contribution in [-0.2, 0) is 27.2 Å². The number of aliphatic hydroxyl groups excluding tert-OH is 1. The number of aryl methyl sites for hydroxylation is 1. The van der Waals surface area contributed by atoms with Crippen molar-refractivity contribution < 1.29 is 19.4 Å². The Morgan fingerprint density at radius 1 is 1.30 bits per heavy atom. The van der Waals surface area contributed by atoms with Crippen molar-refractivity contribution in [1.82, 2.24) is 19.5 Å². The lowest BCUT2D eigenvalue weighted by Gasteiger charge is -2.15. The minimum atomic E-state index is -0.390. The average Bonchev–Trinajstić information content (AvgIpc) is 3.48. The van der Waals surface area contributed by atoms with Crippen LogP contribution in [0, 0.1) is 0 Å². The molecule has 30 heavy (non-hydrogen) atoms. The first kappa shape index (κ1) is 19.0. The highest BCUT2D eigenvalue weighted by molar-refractivity contribution is 5.84. The molecular formula is C21H23N5O4. The van der Waals surface area contributed by atoms with Crippen LogP contribution < -0.4 is 5.32 Å². The number of imidazole rings is 1. The molecule has 2 aromatic heterocycles. The van der Waals surface area contributed by atoms with Crippen LogP contribution in [-0.4, -0.2) is 56.0 Å². The number of aliphatic hydroxyl groups is 1. The van der Waals surface area contributed by atoms with Crippen LogP contribution in [0.4, 0.5) is 5.82 Å². The monoisotopic (exact) mass is 409 g/mol. The van der Waals surface area contributed by atoms with Crippen LogP contribution >= 0.6 is 0 Å². The summed E-state index contributed by atoms with van der Waals surface area (Å²) in [7, 11) is 0. The van der Waals surface area contributed by atoms with Gasteiger partial charge in [-0.1, -0.05) is 24.3 Å². The lowest BCUT2D eigenvalue weighted by Crippen LogP contribution is -2.22. The fourth-order valence-electron chi connectivity index (χ4n) is 4.22. The molecule has 1 saturated heterocycles. The molecule has 5 rings (SSSR count). The summed E-state index contributed by atoms with van der Waals surface area (Å²) in [6.07, 6.45) is 4.99. The van der Waals surface area contributed by atoms with Gasteiger partial charge in [-0.3, -0.25) is 4.79 Å². The quantitative estimate of drug-likeness (QED) is 0.591. The summed E-state index contributed by atoms with van der Waals surface area (Å²) in [5, 5.41) is 12.6. The number of anilines is 1. The maximum Gasteiger partial charge on any atom is 0.326 e. The zero-order valence-corrected chi connectivity index (χ0v) is 16.4.